The highest BCUT2D eigenvalue weighted by Gasteiger charge is 2.18. The van der Waals surface area contributed by atoms with E-state index in [1.54, 1.807) is 48.5 Å². The SMILES string of the molecule is CC(CC(C)SC(=O)c1cccc(Cl)c1)SC(=O)c1cccc(Cl)c1. The van der Waals surface area contributed by atoms with E-state index in [-0.39, 0.29) is 20.7 Å². The fraction of sp³-hybridized carbons (Fsp3) is 0.263. The molecular formula is C19H18Cl2O2S2. The molecule has 0 bridgehead atoms. The van der Waals surface area contributed by atoms with E-state index in [1.807, 2.05) is 13.8 Å². The number of hydrogen-bond acceptors (Lipinski definition) is 4. The molecule has 0 aliphatic heterocycles. The van der Waals surface area contributed by atoms with Crippen molar-refractivity contribution in [2.45, 2.75) is 30.8 Å². The zero-order valence-corrected chi connectivity index (χ0v) is 17.0. The summed E-state index contributed by atoms with van der Waals surface area (Å²) in [6.07, 6.45) is 0.744. The molecule has 2 nitrogen and oxygen atoms in total. The molecule has 25 heavy (non-hydrogen) atoms. The second-order valence-corrected chi connectivity index (χ2v) is 9.38. The molecule has 0 aliphatic rings. The Bertz CT molecular complexity index is 701. The Morgan fingerprint density at radius 3 is 1.60 bits per heavy atom. The zero-order valence-electron chi connectivity index (χ0n) is 13.9. The first kappa shape index (κ1) is 20.4. The van der Waals surface area contributed by atoms with Crippen LogP contribution in [0.1, 0.15) is 41.0 Å². The van der Waals surface area contributed by atoms with Gasteiger partial charge in [0.05, 0.1) is 0 Å². The minimum Gasteiger partial charge on any atom is -0.282 e. The lowest BCUT2D eigenvalue weighted by molar-refractivity contribution is 0.108. The van der Waals surface area contributed by atoms with Gasteiger partial charge in [0.25, 0.3) is 0 Å². The number of rotatable bonds is 6. The van der Waals surface area contributed by atoms with Crippen LogP contribution in [0.25, 0.3) is 0 Å². The third-order valence-corrected chi connectivity index (χ3v) is 5.96. The van der Waals surface area contributed by atoms with Crippen molar-refractivity contribution in [3.8, 4) is 0 Å². The van der Waals surface area contributed by atoms with Crippen molar-refractivity contribution in [3.05, 3.63) is 69.7 Å². The Hall–Kier alpha value is -0.940. The lowest BCUT2D eigenvalue weighted by atomic mass is 10.2. The average Bonchev–Trinajstić information content (AvgIpc) is 2.54. The number of hydrogen-bond donors (Lipinski definition) is 0. The van der Waals surface area contributed by atoms with Gasteiger partial charge in [-0.2, -0.15) is 0 Å². The van der Waals surface area contributed by atoms with E-state index in [1.165, 1.54) is 23.5 Å². The minimum absolute atomic E-state index is 0.00614. The van der Waals surface area contributed by atoms with Gasteiger partial charge in [-0.25, -0.2) is 0 Å². The van der Waals surface area contributed by atoms with Crippen LogP contribution in [0.4, 0.5) is 0 Å². The van der Waals surface area contributed by atoms with Crippen LogP contribution in [0.5, 0.6) is 0 Å². The zero-order chi connectivity index (χ0) is 18.4. The van der Waals surface area contributed by atoms with Gasteiger partial charge in [-0.3, -0.25) is 9.59 Å². The summed E-state index contributed by atoms with van der Waals surface area (Å²) in [6.45, 7) is 3.99. The molecule has 0 heterocycles. The Morgan fingerprint density at radius 1 is 0.840 bits per heavy atom. The van der Waals surface area contributed by atoms with Gasteiger partial charge in [0.2, 0.25) is 10.2 Å². The third kappa shape index (κ3) is 6.70. The Balaban J connectivity index is 1.86. The lowest BCUT2D eigenvalue weighted by Crippen LogP contribution is -2.11. The summed E-state index contributed by atoms with van der Waals surface area (Å²) in [6, 6.07) is 13.9. The third-order valence-electron chi connectivity index (χ3n) is 3.40. The van der Waals surface area contributed by atoms with Crippen molar-refractivity contribution in [2.75, 3.05) is 0 Å². The summed E-state index contributed by atoms with van der Waals surface area (Å²) in [7, 11) is 0. The van der Waals surface area contributed by atoms with Crippen molar-refractivity contribution >= 4 is 57.0 Å². The van der Waals surface area contributed by atoms with E-state index in [2.05, 4.69) is 0 Å². The van der Waals surface area contributed by atoms with Gasteiger partial charge in [0.1, 0.15) is 0 Å². The quantitative estimate of drug-likeness (QED) is 0.534. The van der Waals surface area contributed by atoms with Crippen molar-refractivity contribution in [1.82, 2.24) is 0 Å². The smallest absolute Gasteiger partial charge is 0.219 e. The van der Waals surface area contributed by atoms with Gasteiger partial charge in [-0.15, -0.1) is 0 Å². The molecule has 0 aromatic heterocycles. The standard InChI is InChI=1S/C19H18Cl2O2S2/c1-12(24-18(22)14-5-3-7-16(20)10-14)9-13(2)25-19(23)15-6-4-8-17(21)11-15/h3-8,10-13H,9H2,1-2H3. The molecule has 2 rings (SSSR count). The van der Waals surface area contributed by atoms with Crippen LogP contribution in [-0.2, 0) is 0 Å². The first-order valence-electron chi connectivity index (χ1n) is 7.78. The van der Waals surface area contributed by atoms with Gasteiger partial charge < -0.3 is 0 Å². The van der Waals surface area contributed by atoms with E-state index < -0.39 is 0 Å². The van der Waals surface area contributed by atoms with Crippen LogP contribution in [0.3, 0.4) is 0 Å². The molecule has 2 atom stereocenters. The molecule has 0 fully saturated rings. The molecule has 0 saturated carbocycles. The molecule has 0 N–H and O–H groups in total. The van der Waals surface area contributed by atoms with E-state index in [0.29, 0.717) is 21.2 Å². The number of carbonyl (C=O) groups is 2. The normalized spacial score (nSPS) is 13.3. The molecule has 0 amide bonds. The van der Waals surface area contributed by atoms with Crippen molar-refractivity contribution in [2.24, 2.45) is 0 Å². The maximum absolute atomic E-state index is 12.3. The fourth-order valence-corrected chi connectivity index (χ4v) is 4.83. The van der Waals surface area contributed by atoms with Gasteiger partial charge in [0.15, 0.2) is 0 Å². The number of carbonyl (C=O) groups excluding carboxylic acids is 2. The number of benzene rings is 2. The average molecular weight is 413 g/mol. The first-order valence-corrected chi connectivity index (χ1v) is 10.3. The summed E-state index contributed by atoms with van der Waals surface area (Å²) in [5.74, 6) is 0. The molecule has 2 aromatic rings. The molecular weight excluding hydrogens is 395 g/mol. The molecule has 2 aromatic carbocycles. The minimum atomic E-state index is -0.00614. The van der Waals surface area contributed by atoms with Crippen LogP contribution in [0.15, 0.2) is 48.5 Å². The Morgan fingerprint density at radius 2 is 1.24 bits per heavy atom. The molecule has 2 unspecified atom stereocenters. The Kier molecular flexibility index (Phi) is 7.88. The van der Waals surface area contributed by atoms with Crippen molar-refractivity contribution in [1.29, 1.82) is 0 Å². The highest BCUT2D eigenvalue weighted by atomic mass is 35.5. The summed E-state index contributed by atoms with van der Waals surface area (Å²) >= 11 is 14.4. The van der Waals surface area contributed by atoms with Crippen LogP contribution < -0.4 is 0 Å². The summed E-state index contributed by atoms with van der Waals surface area (Å²) in [5, 5.41) is 1.29. The van der Waals surface area contributed by atoms with Crippen LogP contribution in [-0.4, -0.2) is 20.7 Å². The largest absolute Gasteiger partial charge is 0.282 e. The van der Waals surface area contributed by atoms with Gasteiger partial charge in [0, 0.05) is 31.7 Å². The van der Waals surface area contributed by atoms with Crippen LogP contribution in [0.2, 0.25) is 10.0 Å². The maximum Gasteiger partial charge on any atom is 0.219 e. The van der Waals surface area contributed by atoms with Crippen molar-refractivity contribution < 1.29 is 9.59 Å². The summed E-state index contributed by atoms with van der Waals surface area (Å²) in [4.78, 5) is 24.6. The molecule has 0 spiro atoms. The molecule has 0 radical (unpaired) electrons. The van der Waals surface area contributed by atoms with Gasteiger partial charge >= 0.3 is 0 Å². The summed E-state index contributed by atoms with van der Waals surface area (Å²) < 4.78 is 0. The van der Waals surface area contributed by atoms with E-state index in [4.69, 9.17) is 23.2 Å². The van der Waals surface area contributed by atoms with Gasteiger partial charge in [-0.05, 0) is 30.7 Å². The van der Waals surface area contributed by atoms with Gasteiger partial charge in [-0.1, -0.05) is 84.8 Å². The Labute approximate surface area is 166 Å². The predicted octanol–water partition coefficient (Wildman–Crippen LogP) is 6.61. The van der Waals surface area contributed by atoms with Crippen LogP contribution >= 0.6 is 46.7 Å². The molecule has 6 heteroatoms. The second-order valence-electron chi connectivity index (χ2n) is 5.69. The highest BCUT2D eigenvalue weighted by molar-refractivity contribution is 8.15. The van der Waals surface area contributed by atoms with Crippen LogP contribution in [0, 0.1) is 0 Å². The monoisotopic (exact) mass is 412 g/mol. The van der Waals surface area contributed by atoms with Crippen molar-refractivity contribution in [3.63, 3.8) is 0 Å². The molecule has 0 aliphatic carbocycles. The van der Waals surface area contributed by atoms with E-state index in [9.17, 15) is 9.59 Å². The topological polar surface area (TPSA) is 34.1 Å². The van der Waals surface area contributed by atoms with E-state index in [0.717, 1.165) is 6.42 Å². The fourth-order valence-electron chi connectivity index (χ4n) is 2.30. The molecule has 132 valence electrons. The van der Waals surface area contributed by atoms with E-state index >= 15 is 0 Å². The molecule has 0 saturated heterocycles. The number of thioether (sulfide) groups is 2. The second kappa shape index (κ2) is 9.67. The highest BCUT2D eigenvalue weighted by Crippen LogP contribution is 2.28. The first-order chi connectivity index (χ1) is 11.8. The predicted molar refractivity (Wildman–Crippen MR) is 110 cm³/mol. The summed E-state index contributed by atoms with van der Waals surface area (Å²) in [5.41, 5.74) is 1.19. The lowest BCUT2D eigenvalue weighted by Gasteiger charge is -2.15. The maximum atomic E-state index is 12.3. The number of halogens is 2.